The summed E-state index contributed by atoms with van der Waals surface area (Å²) >= 11 is 0. The molecule has 1 saturated heterocycles. The summed E-state index contributed by atoms with van der Waals surface area (Å²) in [5.74, 6) is -0.708. The van der Waals surface area contributed by atoms with Gasteiger partial charge >= 0.3 is 0 Å². The van der Waals surface area contributed by atoms with Crippen LogP contribution in [0.3, 0.4) is 0 Å². The van der Waals surface area contributed by atoms with E-state index in [1.165, 1.54) is 24.3 Å². The summed E-state index contributed by atoms with van der Waals surface area (Å²) in [6.07, 6.45) is 4.18. The number of anilines is 1. The fourth-order valence-corrected chi connectivity index (χ4v) is 4.20. The first-order valence-electron chi connectivity index (χ1n) is 11.6. The Morgan fingerprint density at radius 3 is 2.56 bits per heavy atom. The number of nitrogens with one attached hydrogen (secondary N) is 4. The van der Waals surface area contributed by atoms with Gasteiger partial charge in [-0.15, -0.1) is 0 Å². The minimum Gasteiger partial charge on any atom is -0.370 e. The SMILES string of the molecule is CC1(N(C(=O)CCCN)[C@@H](CCCNC(=N)N)C(=O)Nc2ccc([N+](=O)[O-])cc2)CCCCN1. The number of carbonyl (C=O) groups is 2. The maximum absolute atomic E-state index is 13.5. The monoisotopic (exact) mass is 476 g/mol. The number of nitrogens with two attached hydrogens (primary N) is 2. The number of piperidine rings is 1. The van der Waals surface area contributed by atoms with E-state index in [-0.39, 0.29) is 29.9 Å². The fraction of sp³-hybridized carbons (Fsp3) is 0.591. The van der Waals surface area contributed by atoms with E-state index in [1.54, 1.807) is 4.90 Å². The van der Waals surface area contributed by atoms with Crippen LogP contribution in [-0.2, 0) is 9.59 Å². The highest BCUT2D eigenvalue weighted by atomic mass is 16.6. The number of guanidine groups is 1. The molecule has 0 aliphatic carbocycles. The van der Waals surface area contributed by atoms with Crippen molar-refractivity contribution in [2.45, 2.75) is 63.6 Å². The van der Waals surface area contributed by atoms with Crippen molar-refractivity contribution in [1.29, 1.82) is 5.41 Å². The molecule has 1 aliphatic rings. The minimum absolute atomic E-state index is 0.0811. The molecule has 0 bridgehead atoms. The Kier molecular flexibility index (Phi) is 10.2. The summed E-state index contributed by atoms with van der Waals surface area (Å²) in [6, 6.07) is 4.76. The lowest BCUT2D eigenvalue weighted by Gasteiger charge is -2.48. The third-order valence-electron chi connectivity index (χ3n) is 5.92. The predicted octanol–water partition coefficient (Wildman–Crippen LogP) is 1.22. The van der Waals surface area contributed by atoms with E-state index in [2.05, 4.69) is 16.0 Å². The molecule has 12 nitrogen and oxygen atoms in total. The Balaban J connectivity index is 2.32. The molecule has 0 saturated carbocycles. The molecule has 2 amide bonds. The van der Waals surface area contributed by atoms with Crippen LogP contribution >= 0.6 is 0 Å². The van der Waals surface area contributed by atoms with E-state index >= 15 is 0 Å². The zero-order valence-corrected chi connectivity index (χ0v) is 19.6. The molecule has 1 unspecified atom stereocenters. The number of carbonyl (C=O) groups excluding carboxylic acids is 2. The van der Waals surface area contributed by atoms with Crippen LogP contribution in [-0.4, -0.2) is 58.9 Å². The maximum Gasteiger partial charge on any atom is 0.269 e. The van der Waals surface area contributed by atoms with E-state index in [0.29, 0.717) is 44.5 Å². The summed E-state index contributed by atoms with van der Waals surface area (Å²) in [7, 11) is 0. The summed E-state index contributed by atoms with van der Waals surface area (Å²) in [6.45, 7) is 3.42. The molecule has 0 aromatic heterocycles. The van der Waals surface area contributed by atoms with Gasteiger partial charge in [0, 0.05) is 30.8 Å². The van der Waals surface area contributed by atoms with Gasteiger partial charge in [-0.25, -0.2) is 0 Å². The highest BCUT2D eigenvalue weighted by Gasteiger charge is 2.42. The van der Waals surface area contributed by atoms with Gasteiger partial charge in [0.25, 0.3) is 5.69 Å². The van der Waals surface area contributed by atoms with Crippen LogP contribution in [0.15, 0.2) is 24.3 Å². The van der Waals surface area contributed by atoms with Crippen molar-refractivity contribution in [3.63, 3.8) is 0 Å². The molecule has 2 rings (SSSR count). The van der Waals surface area contributed by atoms with Crippen molar-refractivity contribution in [3.05, 3.63) is 34.4 Å². The third kappa shape index (κ3) is 7.66. The Morgan fingerprint density at radius 1 is 1.29 bits per heavy atom. The van der Waals surface area contributed by atoms with Crippen molar-refractivity contribution in [2.24, 2.45) is 11.5 Å². The van der Waals surface area contributed by atoms with Gasteiger partial charge in [0.1, 0.15) is 6.04 Å². The van der Waals surface area contributed by atoms with Crippen LogP contribution in [0.25, 0.3) is 0 Å². The Hall–Kier alpha value is -3.25. The van der Waals surface area contributed by atoms with Crippen molar-refractivity contribution < 1.29 is 14.5 Å². The number of rotatable bonds is 12. The summed E-state index contributed by atoms with van der Waals surface area (Å²) in [5, 5.41) is 27.2. The smallest absolute Gasteiger partial charge is 0.269 e. The molecule has 0 spiro atoms. The average molecular weight is 477 g/mol. The molecule has 12 heteroatoms. The number of nitro benzene ring substituents is 1. The second-order valence-corrected chi connectivity index (χ2v) is 8.61. The standard InChI is InChI=1S/C22H36N8O4/c1-22(12-2-3-15-27-22)29(19(31)7-4-13-23)18(6-5-14-26-21(24)25)20(32)28-16-8-10-17(11-9-16)30(33)34/h8-11,18,27H,2-7,12-15,23H2,1H3,(H,28,32)(H4,24,25,26)/t18-,22?/m0/s1. The van der Waals surface area contributed by atoms with Crippen LogP contribution in [0.2, 0.25) is 0 Å². The van der Waals surface area contributed by atoms with E-state index < -0.39 is 16.6 Å². The van der Waals surface area contributed by atoms with Crippen LogP contribution < -0.4 is 27.4 Å². The molecule has 1 aromatic carbocycles. The van der Waals surface area contributed by atoms with Gasteiger partial charge in [-0.2, -0.15) is 0 Å². The van der Waals surface area contributed by atoms with Crippen LogP contribution in [0, 0.1) is 15.5 Å². The zero-order valence-electron chi connectivity index (χ0n) is 19.6. The maximum atomic E-state index is 13.5. The Labute approximate surface area is 199 Å². The average Bonchev–Trinajstić information content (AvgIpc) is 2.79. The largest absolute Gasteiger partial charge is 0.370 e. The first kappa shape index (κ1) is 27.0. The highest BCUT2D eigenvalue weighted by molar-refractivity contribution is 5.97. The molecular formula is C22H36N8O4. The van der Waals surface area contributed by atoms with Crippen molar-refractivity contribution in [2.75, 3.05) is 25.0 Å². The number of benzene rings is 1. The Bertz CT molecular complexity index is 855. The number of hydrogen-bond donors (Lipinski definition) is 6. The molecule has 1 aromatic rings. The summed E-state index contributed by atoms with van der Waals surface area (Å²) < 4.78 is 0. The lowest BCUT2D eigenvalue weighted by atomic mass is 9.93. The fourth-order valence-electron chi connectivity index (χ4n) is 4.20. The first-order chi connectivity index (χ1) is 16.2. The molecular weight excluding hydrogens is 440 g/mol. The van der Waals surface area contributed by atoms with E-state index in [0.717, 1.165) is 19.4 Å². The molecule has 0 radical (unpaired) electrons. The number of amides is 2. The quantitative estimate of drug-likeness (QED) is 0.0852. The Morgan fingerprint density at radius 2 is 2.00 bits per heavy atom. The van der Waals surface area contributed by atoms with Gasteiger partial charge in [-0.05, 0) is 70.7 Å². The van der Waals surface area contributed by atoms with Gasteiger partial charge < -0.3 is 27.0 Å². The molecule has 1 fully saturated rings. The highest BCUT2D eigenvalue weighted by Crippen LogP contribution is 2.29. The third-order valence-corrected chi connectivity index (χ3v) is 5.92. The van der Waals surface area contributed by atoms with Crippen molar-refractivity contribution in [3.8, 4) is 0 Å². The first-order valence-corrected chi connectivity index (χ1v) is 11.6. The molecule has 8 N–H and O–H groups in total. The minimum atomic E-state index is -0.801. The van der Waals surface area contributed by atoms with Crippen molar-refractivity contribution >= 4 is 29.1 Å². The van der Waals surface area contributed by atoms with Gasteiger partial charge in [0.15, 0.2) is 5.96 Å². The van der Waals surface area contributed by atoms with Gasteiger partial charge in [0.2, 0.25) is 11.8 Å². The number of nitro groups is 1. The van der Waals surface area contributed by atoms with Crippen LogP contribution in [0.4, 0.5) is 11.4 Å². The molecule has 34 heavy (non-hydrogen) atoms. The van der Waals surface area contributed by atoms with E-state index in [9.17, 15) is 19.7 Å². The van der Waals surface area contributed by atoms with Gasteiger partial charge in [-0.1, -0.05) is 0 Å². The van der Waals surface area contributed by atoms with E-state index in [4.69, 9.17) is 16.9 Å². The lowest BCUT2D eigenvalue weighted by molar-refractivity contribution is -0.384. The second-order valence-electron chi connectivity index (χ2n) is 8.61. The van der Waals surface area contributed by atoms with Crippen molar-refractivity contribution in [1.82, 2.24) is 15.5 Å². The van der Waals surface area contributed by atoms with Crippen LogP contribution in [0.5, 0.6) is 0 Å². The van der Waals surface area contributed by atoms with Gasteiger partial charge in [-0.3, -0.25) is 30.4 Å². The predicted molar refractivity (Wildman–Crippen MR) is 130 cm³/mol. The molecule has 1 aliphatic heterocycles. The zero-order chi connectivity index (χ0) is 25.1. The lowest BCUT2D eigenvalue weighted by Crippen LogP contribution is -2.66. The number of non-ortho nitro benzene ring substituents is 1. The molecule has 188 valence electrons. The summed E-state index contributed by atoms with van der Waals surface area (Å²) in [4.78, 5) is 38.9. The normalized spacial score (nSPS) is 18.5. The molecule has 1 heterocycles. The topological polar surface area (TPSA) is 192 Å². The number of hydrogen-bond acceptors (Lipinski definition) is 7. The molecule has 2 atom stereocenters. The van der Waals surface area contributed by atoms with E-state index in [1.807, 2.05) is 6.92 Å². The van der Waals surface area contributed by atoms with Crippen LogP contribution in [0.1, 0.15) is 51.9 Å². The second kappa shape index (κ2) is 12.8. The summed E-state index contributed by atoms with van der Waals surface area (Å²) in [5.41, 5.74) is 10.6. The number of nitrogens with zero attached hydrogens (tertiary/aromatic N) is 2. The van der Waals surface area contributed by atoms with Gasteiger partial charge in [0.05, 0.1) is 10.6 Å².